The number of nitrogens with one attached hydrogen (secondary N) is 4. The van der Waals surface area contributed by atoms with Crippen molar-refractivity contribution < 1.29 is 18.4 Å². The van der Waals surface area contributed by atoms with Gasteiger partial charge in [0.1, 0.15) is 23.7 Å². The maximum atomic E-state index is 17.2. The molecule has 3 saturated heterocycles. The van der Waals surface area contributed by atoms with E-state index in [1.807, 2.05) is 4.90 Å². The lowest BCUT2D eigenvalue weighted by Crippen LogP contribution is -2.71. The number of piperidine rings is 1. The Morgan fingerprint density at radius 3 is 1.88 bits per heavy atom. The minimum absolute atomic E-state index is 0.0357. The molecule has 2 amide bonds. The molecule has 1 aromatic rings. The van der Waals surface area contributed by atoms with Crippen LogP contribution in [0.3, 0.4) is 0 Å². The van der Waals surface area contributed by atoms with Crippen LogP contribution in [-0.4, -0.2) is 114 Å². The molecule has 2 saturated carbocycles. The zero-order valence-corrected chi connectivity index (χ0v) is 31.3. The van der Waals surface area contributed by atoms with Gasteiger partial charge in [-0.3, -0.25) is 14.5 Å². The summed E-state index contributed by atoms with van der Waals surface area (Å²) in [5.74, 6) is 0.752. The minimum atomic E-state index is -1.19. The Morgan fingerprint density at radius 2 is 1.31 bits per heavy atom. The van der Waals surface area contributed by atoms with Crippen LogP contribution in [0.4, 0.5) is 20.4 Å². The monoisotopic (exact) mass is 730 g/mol. The van der Waals surface area contributed by atoms with Crippen molar-refractivity contribution in [3.8, 4) is 0 Å². The summed E-state index contributed by atoms with van der Waals surface area (Å²) < 4.78 is 34.7. The smallest absolute Gasteiger partial charge is 0.259 e. The molecule has 4 aliphatic heterocycles. The lowest BCUT2D eigenvalue weighted by atomic mass is 9.80. The normalized spacial score (nSPS) is 32.7. The summed E-state index contributed by atoms with van der Waals surface area (Å²) in [5, 5.41) is 17.8. The first-order valence-electron chi connectivity index (χ1n) is 21.1. The number of nitrogen functional groups attached to an aromatic ring is 1. The van der Waals surface area contributed by atoms with Gasteiger partial charge in [-0.05, 0) is 37.5 Å². The number of piperazine rings is 1. The van der Waals surface area contributed by atoms with Gasteiger partial charge in [0.25, 0.3) is 5.91 Å². The molecule has 5 heterocycles. The predicted octanol–water partition coefficient (Wildman–Crippen LogP) is 4.80. The predicted molar refractivity (Wildman–Crippen MR) is 201 cm³/mol. The number of carbonyl (C=O) groups is 2. The third kappa shape index (κ3) is 8.41. The zero-order chi connectivity index (χ0) is 36.0. The van der Waals surface area contributed by atoms with Gasteiger partial charge >= 0.3 is 0 Å². The van der Waals surface area contributed by atoms with Crippen molar-refractivity contribution in [2.24, 2.45) is 17.8 Å². The van der Waals surface area contributed by atoms with Crippen molar-refractivity contribution in [3.05, 3.63) is 5.56 Å². The SMILES string of the molecule is Nc1nn2c(c1C(=O)NC1CNC(C3CCCCCCCC3)C(F)C1N1CCN(C(=O)C3CNC3)CC1)NCC(F)C2C1CCCCCCCCC1. The van der Waals surface area contributed by atoms with Crippen molar-refractivity contribution in [2.75, 3.05) is 63.4 Å². The first-order chi connectivity index (χ1) is 25.4. The van der Waals surface area contributed by atoms with E-state index in [1.54, 1.807) is 4.68 Å². The van der Waals surface area contributed by atoms with E-state index in [0.29, 0.717) is 38.5 Å². The van der Waals surface area contributed by atoms with Crippen LogP contribution in [0.5, 0.6) is 0 Å². The molecule has 52 heavy (non-hydrogen) atoms. The number of amides is 2. The molecule has 0 spiro atoms. The molecule has 0 aromatic carbocycles. The number of rotatable bonds is 6. The topological polar surface area (TPSA) is 133 Å². The number of anilines is 2. The lowest BCUT2D eigenvalue weighted by molar-refractivity contribution is -0.139. The van der Waals surface area contributed by atoms with Crippen molar-refractivity contribution in [2.45, 2.75) is 146 Å². The van der Waals surface area contributed by atoms with E-state index in [2.05, 4.69) is 31.3 Å². The van der Waals surface area contributed by atoms with Crippen molar-refractivity contribution >= 4 is 23.5 Å². The van der Waals surface area contributed by atoms with Crippen molar-refractivity contribution in [3.63, 3.8) is 0 Å². The van der Waals surface area contributed by atoms with E-state index in [-0.39, 0.29) is 47.6 Å². The minimum Gasteiger partial charge on any atom is -0.381 e. The molecule has 13 heteroatoms. The average Bonchev–Trinajstić information content (AvgIpc) is 3.52. The zero-order valence-electron chi connectivity index (χ0n) is 31.3. The van der Waals surface area contributed by atoms with E-state index >= 15 is 8.78 Å². The highest BCUT2D eigenvalue weighted by atomic mass is 19.1. The van der Waals surface area contributed by atoms with Gasteiger partial charge in [-0.15, -0.1) is 0 Å². The number of nitrogens with zero attached hydrogens (tertiary/aromatic N) is 4. The standard InChI is InChI=1S/C39H65F2N9O2/c40-29-24-45-37-31(36(42)47-50(37)34(29)27-16-12-8-2-1-3-9-13-17-27)38(51)46-30-25-44-33(26-14-10-6-4-5-7-11-15-26)32(41)35(30)48-18-20-49(21-19-48)39(52)28-22-43-23-28/h26-30,32-35,43-45H,1-25H2,(H2,42,47)(H,46,51). The summed E-state index contributed by atoms with van der Waals surface area (Å²) >= 11 is 0. The highest BCUT2D eigenvalue weighted by molar-refractivity contribution is 6.03. The summed E-state index contributed by atoms with van der Waals surface area (Å²) in [4.78, 5) is 31.5. The van der Waals surface area contributed by atoms with Crippen LogP contribution in [-0.2, 0) is 4.79 Å². The number of halogens is 2. The third-order valence-electron chi connectivity index (χ3n) is 13.5. The quantitative estimate of drug-likeness (QED) is 0.282. The van der Waals surface area contributed by atoms with Gasteiger partial charge in [0.15, 0.2) is 5.82 Å². The maximum Gasteiger partial charge on any atom is 0.259 e. The van der Waals surface area contributed by atoms with Crippen LogP contribution >= 0.6 is 0 Å². The number of aromatic nitrogens is 2. The average molecular weight is 730 g/mol. The Labute approximate surface area is 309 Å². The van der Waals surface area contributed by atoms with Gasteiger partial charge in [-0.2, -0.15) is 5.10 Å². The fourth-order valence-corrected chi connectivity index (χ4v) is 10.4. The highest BCUT2D eigenvalue weighted by Crippen LogP contribution is 2.41. The first kappa shape index (κ1) is 37.8. The molecule has 292 valence electrons. The third-order valence-corrected chi connectivity index (χ3v) is 13.5. The Bertz CT molecular complexity index is 1310. The van der Waals surface area contributed by atoms with E-state index in [9.17, 15) is 9.59 Å². The molecule has 1 aromatic heterocycles. The van der Waals surface area contributed by atoms with Crippen LogP contribution in [0.1, 0.15) is 126 Å². The molecule has 0 bridgehead atoms. The van der Waals surface area contributed by atoms with Gasteiger partial charge in [0.2, 0.25) is 5.91 Å². The molecular weight excluding hydrogens is 664 g/mol. The second-order valence-electron chi connectivity index (χ2n) is 16.9. The summed E-state index contributed by atoms with van der Waals surface area (Å²) in [7, 11) is 0. The fraction of sp³-hybridized carbons (Fsp3) is 0.872. The summed E-state index contributed by atoms with van der Waals surface area (Å²) in [6.07, 6.45) is 17.0. The van der Waals surface area contributed by atoms with Gasteiger partial charge in [0, 0.05) is 58.4 Å². The number of nitrogens with two attached hydrogens (primary N) is 1. The Morgan fingerprint density at radius 1 is 0.731 bits per heavy atom. The van der Waals surface area contributed by atoms with Crippen molar-refractivity contribution in [1.82, 2.24) is 35.5 Å². The molecule has 6 atom stereocenters. The van der Waals surface area contributed by atoms with E-state index in [0.717, 1.165) is 77.3 Å². The molecule has 5 fully saturated rings. The lowest BCUT2D eigenvalue weighted by Gasteiger charge is -2.50. The molecule has 11 nitrogen and oxygen atoms in total. The highest BCUT2D eigenvalue weighted by Gasteiger charge is 2.48. The molecular formula is C39H65F2N9O2. The van der Waals surface area contributed by atoms with Gasteiger partial charge in [-0.1, -0.05) is 83.5 Å². The van der Waals surface area contributed by atoms with Crippen LogP contribution in [0, 0.1) is 17.8 Å². The number of alkyl halides is 2. The van der Waals surface area contributed by atoms with Gasteiger partial charge in [0.05, 0.1) is 24.0 Å². The Hall–Kier alpha value is -2.51. The summed E-state index contributed by atoms with van der Waals surface area (Å²) in [6, 6.07) is -1.82. The first-order valence-corrected chi connectivity index (χ1v) is 21.1. The van der Waals surface area contributed by atoms with Crippen LogP contribution < -0.4 is 27.0 Å². The number of hydrogen-bond donors (Lipinski definition) is 5. The Balaban J connectivity index is 1.10. The van der Waals surface area contributed by atoms with E-state index < -0.39 is 36.4 Å². The molecule has 2 aliphatic carbocycles. The molecule has 6 N–H and O–H groups in total. The summed E-state index contributed by atoms with van der Waals surface area (Å²) in [5.41, 5.74) is 6.75. The van der Waals surface area contributed by atoms with Crippen LogP contribution in [0.15, 0.2) is 0 Å². The van der Waals surface area contributed by atoms with Crippen LogP contribution in [0.25, 0.3) is 0 Å². The molecule has 6 aliphatic rings. The number of hydrogen-bond acceptors (Lipinski definition) is 8. The van der Waals surface area contributed by atoms with E-state index in [4.69, 9.17) is 5.73 Å². The second kappa shape index (κ2) is 17.8. The molecule has 0 radical (unpaired) electrons. The van der Waals surface area contributed by atoms with Crippen LogP contribution in [0.2, 0.25) is 0 Å². The van der Waals surface area contributed by atoms with Crippen molar-refractivity contribution in [1.29, 1.82) is 0 Å². The second-order valence-corrected chi connectivity index (χ2v) is 16.9. The maximum absolute atomic E-state index is 17.2. The molecule has 7 rings (SSSR count). The van der Waals surface area contributed by atoms with E-state index in [1.165, 1.54) is 44.9 Å². The largest absolute Gasteiger partial charge is 0.381 e. The van der Waals surface area contributed by atoms with Gasteiger partial charge < -0.3 is 31.9 Å². The Kier molecular flexibility index (Phi) is 12.9. The summed E-state index contributed by atoms with van der Waals surface area (Å²) in [6.45, 7) is 4.24. The number of fused-ring (bicyclic) bond motifs is 1. The fourth-order valence-electron chi connectivity index (χ4n) is 10.4. The number of carbonyl (C=O) groups excluding carboxylic acids is 2. The van der Waals surface area contributed by atoms with Gasteiger partial charge in [-0.25, -0.2) is 13.5 Å². The molecule has 6 unspecified atom stereocenters.